The average molecular weight is 450 g/mol. The molecule has 33 heavy (non-hydrogen) atoms. The van der Waals surface area contributed by atoms with Crippen LogP contribution in [0.1, 0.15) is 40.5 Å². The highest BCUT2D eigenvalue weighted by Gasteiger charge is 2.34. The Morgan fingerprint density at radius 2 is 1.70 bits per heavy atom. The third-order valence-corrected chi connectivity index (χ3v) is 7.07. The van der Waals surface area contributed by atoms with Crippen molar-refractivity contribution in [3.8, 4) is 11.5 Å². The fraction of sp³-hybridized carbons (Fsp3) is 0.357. The summed E-state index contributed by atoms with van der Waals surface area (Å²) in [7, 11) is 0. The largest absolute Gasteiger partial charge is 0.508 e. The van der Waals surface area contributed by atoms with Crippen molar-refractivity contribution in [3.63, 3.8) is 0 Å². The predicted molar refractivity (Wildman–Crippen MR) is 125 cm³/mol. The molecular weight excluding hydrogens is 420 g/mol. The van der Waals surface area contributed by atoms with E-state index in [4.69, 9.17) is 4.74 Å². The molecule has 3 nitrogen and oxygen atoms in total. The number of phenolic OH excluding ortho intramolecular Hbond substituents is 1. The van der Waals surface area contributed by atoms with Crippen LogP contribution in [0.25, 0.3) is 0 Å². The molecule has 1 aliphatic carbocycles. The van der Waals surface area contributed by atoms with Gasteiger partial charge in [-0.15, -0.1) is 0 Å². The molecule has 1 saturated heterocycles. The van der Waals surface area contributed by atoms with E-state index in [9.17, 15) is 13.9 Å². The molecule has 172 valence electrons. The second kappa shape index (κ2) is 9.52. The van der Waals surface area contributed by atoms with E-state index in [1.165, 1.54) is 22.3 Å². The van der Waals surface area contributed by atoms with Crippen molar-refractivity contribution in [3.05, 3.63) is 95.1 Å². The zero-order valence-electron chi connectivity index (χ0n) is 18.5. The highest BCUT2D eigenvalue weighted by Crippen LogP contribution is 2.47. The fourth-order valence-electron chi connectivity index (χ4n) is 5.29. The first-order valence-corrected chi connectivity index (χ1v) is 11.7. The molecule has 0 radical (unpaired) electrons. The summed E-state index contributed by atoms with van der Waals surface area (Å²) in [6, 6.07) is 24.7. The molecule has 5 heteroatoms. The number of fused-ring (bicyclic) bond motifs is 1. The van der Waals surface area contributed by atoms with Gasteiger partial charge in [-0.25, -0.2) is 8.78 Å². The van der Waals surface area contributed by atoms with Gasteiger partial charge in [-0.3, -0.25) is 4.90 Å². The molecule has 2 atom stereocenters. The van der Waals surface area contributed by atoms with Crippen LogP contribution in [0.3, 0.4) is 0 Å². The Balaban J connectivity index is 1.31. The SMILES string of the molecule is Oc1ccc2c(c1)CC[C@@H](c1ccccc1)[C@H]2c1ccc(OCCN2CC(C(F)F)C2)cc1. The van der Waals surface area contributed by atoms with Crippen LogP contribution in [-0.4, -0.2) is 42.7 Å². The molecule has 1 N–H and O–H groups in total. The van der Waals surface area contributed by atoms with E-state index in [-0.39, 0.29) is 5.92 Å². The lowest BCUT2D eigenvalue weighted by Gasteiger charge is -2.38. The number of hydrogen-bond donors (Lipinski definition) is 1. The van der Waals surface area contributed by atoms with Crippen molar-refractivity contribution in [2.24, 2.45) is 5.92 Å². The van der Waals surface area contributed by atoms with Crippen molar-refractivity contribution in [1.29, 1.82) is 0 Å². The van der Waals surface area contributed by atoms with Gasteiger partial charge in [0.15, 0.2) is 0 Å². The van der Waals surface area contributed by atoms with Crippen molar-refractivity contribution in [2.75, 3.05) is 26.2 Å². The van der Waals surface area contributed by atoms with Crippen molar-refractivity contribution in [2.45, 2.75) is 31.1 Å². The van der Waals surface area contributed by atoms with Gasteiger partial charge in [-0.1, -0.05) is 48.5 Å². The maximum absolute atomic E-state index is 12.6. The van der Waals surface area contributed by atoms with Gasteiger partial charge in [0.2, 0.25) is 6.43 Å². The smallest absolute Gasteiger partial charge is 0.243 e. The summed E-state index contributed by atoms with van der Waals surface area (Å²) in [5.74, 6) is 1.20. The molecule has 0 amide bonds. The topological polar surface area (TPSA) is 32.7 Å². The third-order valence-electron chi connectivity index (χ3n) is 7.07. The molecule has 0 saturated carbocycles. The highest BCUT2D eigenvalue weighted by molar-refractivity contribution is 5.48. The van der Waals surface area contributed by atoms with Crippen LogP contribution in [0.5, 0.6) is 11.5 Å². The Kier molecular flexibility index (Phi) is 6.32. The zero-order chi connectivity index (χ0) is 22.8. The number of aryl methyl sites for hydroxylation is 1. The average Bonchev–Trinajstić information content (AvgIpc) is 2.80. The summed E-state index contributed by atoms with van der Waals surface area (Å²) in [5.41, 5.74) is 5.04. The summed E-state index contributed by atoms with van der Waals surface area (Å²) in [6.07, 6.45) is -0.244. The van der Waals surface area contributed by atoms with E-state index in [2.05, 4.69) is 42.5 Å². The molecule has 0 bridgehead atoms. The number of alkyl halides is 2. The van der Waals surface area contributed by atoms with Gasteiger partial charge >= 0.3 is 0 Å². The van der Waals surface area contributed by atoms with Crippen LogP contribution in [0.15, 0.2) is 72.8 Å². The number of phenols is 1. The van der Waals surface area contributed by atoms with Gasteiger partial charge < -0.3 is 9.84 Å². The predicted octanol–water partition coefficient (Wildman–Crippen LogP) is 5.83. The Bertz CT molecular complexity index is 1070. The molecule has 3 aromatic rings. The molecule has 1 aliphatic heterocycles. The van der Waals surface area contributed by atoms with E-state index in [0.717, 1.165) is 18.6 Å². The lowest BCUT2D eigenvalue weighted by atomic mass is 9.69. The quantitative estimate of drug-likeness (QED) is 0.493. The number of ether oxygens (including phenoxy) is 1. The van der Waals surface area contributed by atoms with Crippen molar-refractivity contribution >= 4 is 0 Å². The minimum atomic E-state index is -2.22. The Morgan fingerprint density at radius 3 is 2.42 bits per heavy atom. The Morgan fingerprint density at radius 1 is 0.939 bits per heavy atom. The molecule has 0 unspecified atom stereocenters. The Labute approximate surface area is 193 Å². The van der Waals surface area contributed by atoms with E-state index in [0.29, 0.717) is 37.9 Å². The van der Waals surface area contributed by atoms with Gasteiger partial charge in [0.1, 0.15) is 18.1 Å². The van der Waals surface area contributed by atoms with Crippen LogP contribution >= 0.6 is 0 Å². The Hall–Kier alpha value is -2.92. The first kappa shape index (κ1) is 21.9. The lowest BCUT2D eigenvalue weighted by Crippen LogP contribution is -2.51. The van der Waals surface area contributed by atoms with Crippen LogP contribution in [0.2, 0.25) is 0 Å². The number of benzene rings is 3. The molecule has 1 fully saturated rings. The highest BCUT2D eigenvalue weighted by atomic mass is 19.3. The minimum Gasteiger partial charge on any atom is -0.508 e. The van der Waals surface area contributed by atoms with Gasteiger partial charge in [0.25, 0.3) is 0 Å². The van der Waals surface area contributed by atoms with E-state index in [1.54, 1.807) is 6.07 Å². The van der Waals surface area contributed by atoms with E-state index >= 15 is 0 Å². The lowest BCUT2D eigenvalue weighted by molar-refractivity contribution is -0.0280. The van der Waals surface area contributed by atoms with Crippen LogP contribution in [0, 0.1) is 5.92 Å². The molecule has 5 rings (SSSR count). The second-order valence-electron chi connectivity index (χ2n) is 9.19. The summed E-state index contributed by atoms with van der Waals surface area (Å²) < 4.78 is 31.1. The second-order valence-corrected chi connectivity index (χ2v) is 9.19. The summed E-state index contributed by atoms with van der Waals surface area (Å²) in [4.78, 5) is 2.00. The van der Waals surface area contributed by atoms with Gasteiger partial charge in [0, 0.05) is 31.5 Å². The molecule has 1 heterocycles. The first-order valence-electron chi connectivity index (χ1n) is 11.7. The molecule has 2 aliphatic rings. The molecule has 0 spiro atoms. The van der Waals surface area contributed by atoms with Crippen molar-refractivity contribution < 1.29 is 18.6 Å². The number of halogens is 2. The van der Waals surface area contributed by atoms with Crippen LogP contribution < -0.4 is 4.74 Å². The van der Waals surface area contributed by atoms with Gasteiger partial charge in [-0.2, -0.15) is 0 Å². The maximum atomic E-state index is 12.6. The van der Waals surface area contributed by atoms with Crippen LogP contribution in [-0.2, 0) is 6.42 Å². The zero-order valence-corrected chi connectivity index (χ0v) is 18.5. The number of likely N-dealkylation sites (tertiary alicyclic amines) is 1. The number of nitrogens with zero attached hydrogens (tertiary/aromatic N) is 1. The first-order chi connectivity index (χ1) is 16.1. The van der Waals surface area contributed by atoms with Gasteiger partial charge in [-0.05, 0) is 65.3 Å². The van der Waals surface area contributed by atoms with E-state index in [1.807, 2.05) is 29.2 Å². The normalized spacial score (nSPS) is 20.9. The standard InChI is InChI=1S/C28H29F2NO2/c29-28(30)22-17-31(18-22)14-15-33-24-10-6-20(7-11-24)27-25(19-4-2-1-3-5-19)12-8-21-16-23(32)9-13-26(21)27/h1-7,9-11,13,16,22,25,27-28,32H,8,12,14-15,17-18H2/t25-,27+/m0/s1. The third kappa shape index (κ3) is 4.74. The fourth-order valence-corrected chi connectivity index (χ4v) is 5.29. The maximum Gasteiger partial charge on any atom is 0.243 e. The molecule has 0 aromatic heterocycles. The van der Waals surface area contributed by atoms with Crippen molar-refractivity contribution in [1.82, 2.24) is 4.90 Å². The van der Waals surface area contributed by atoms with E-state index < -0.39 is 12.3 Å². The molecular formula is C28H29F2NO2. The summed E-state index contributed by atoms with van der Waals surface area (Å²) in [6.45, 7) is 2.07. The number of aromatic hydroxyl groups is 1. The number of hydrogen-bond acceptors (Lipinski definition) is 3. The summed E-state index contributed by atoms with van der Waals surface area (Å²) in [5, 5.41) is 9.99. The van der Waals surface area contributed by atoms with Crippen LogP contribution in [0.4, 0.5) is 8.78 Å². The minimum absolute atomic E-state index is 0.207. The molecule has 3 aromatic carbocycles. The summed E-state index contributed by atoms with van der Waals surface area (Å²) >= 11 is 0. The monoisotopic (exact) mass is 449 g/mol. The number of rotatable bonds is 7. The van der Waals surface area contributed by atoms with Gasteiger partial charge in [0.05, 0.1) is 0 Å².